The maximum atomic E-state index is 6.12. The third-order valence-corrected chi connectivity index (χ3v) is 7.76. The Morgan fingerprint density at radius 3 is 1.56 bits per heavy atom. The molecule has 4 aromatic rings. The SMILES string of the molecule is Ic1ccc2c(-c3nn(C4CCCCO4)c4cc(I)ccc34)nn(C3CCCCO3)c2c1. The van der Waals surface area contributed by atoms with Crippen molar-refractivity contribution in [2.75, 3.05) is 13.2 Å². The Morgan fingerprint density at radius 1 is 0.688 bits per heavy atom. The van der Waals surface area contributed by atoms with Crippen molar-refractivity contribution in [3.8, 4) is 11.4 Å². The second kappa shape index (κ2) is 8.84. The number of nitrogens with zero attached hydrogens (tertiary/aromatic N) is 4. The molecule has 8 heteroatoms. The van der Waals surface area contributed by atoms with Crippen molar-refractivity contribution in [1.82, 2.24) is 19.6 Å². The maximum Gasteiger partial charge on any atom is 0.150 e. The molecule has 6 rings (SSSR count). The van der Waals surface area contributed by atoms with Crippen LogP contribution in [0.4, 0.5) is 0 Å². The average molecular weight is 654 g/mol. The highest BCUT2D eigenvalue weighted by Crippen LogP contribution is 2.38. The van der Waals surface area contributed by atoms with Gasteiger partial charge in [0, 0.05) is 31.1 Å². The Kier molecular flexibility index (Phi) is 5.89. The fraction of sp³-hybridized carbons (Fsp3) is 0.417. The number of hydrogen-bond acceptors (Lipinski definition) is 4. The molecule has 2 aromatic heterocycles. The highest BCUT2D eigenvalue weighted by molar-refractivity contribution is 14.1. The summed E-state index contributed by atoms with van der Waals surface area (Å²) in [6.07, 6.45) is 6.52. The molecule has 32 heavy (non-hydrogen) atoms. The molecule has 2 unspecified atom stereocenters. The van der Waals surface area contributed by atoms with E-state index in [0.717, 1.165) is 72.1 Å². The van der Waals surface area contributed by atoms with Crippen LogP contribution in [0.2, 0.25) is 0 Å². The van der Waals surface area contributed by atoms with Crippen LogP contribution in [0.3, 0.4) is 0 Å². The zero-order valence-electron chi connectivity index (χ0n) is 17.6. The van der Waals surface area contributed by atoms with Gasteiger partial charge in [0.2, 0.25) is 0 Å². The Balaban J connectivity index is 1.56. The molecular weight excluding hydrogens is 630 g/mol. The summed E-state index contributed by atoms with van der Waals surface area (Å²) in [5, 5.41) is 12.5. The lowest BCUT2D eigenvalue weighted by Gasteiger charge is -2.23. The van der Waals surface area contributed by atoms with Gasteiger partial charge in [-0.2, -0.15) is 10.2 Å². The van der Waals surface area contributed by atoms with Crippen molar-refractivity contribution in [1.29, 1.82) is 0 Å². The van der Waals surface area contributed by atoms with Crippen molar-refractivity contribution in [3.05, 3.63) is 43.5 Å². The van der Waals surface area contributed by atoms with E-state index in [1.54, 1.807) is 0 Å². The van der Waals surface area contributed by atoms with Gasteiger partial charge in [0.25, 0.3) is 0 Å². The Bertz CT molecular complexity index is 1190. The molecule has 0 amide bonds. The van der Waals surface area contributed by atoms with Gasteiger partial charge in [0.05, 0.1) is 11.0 Å². The van der Waals surface area contributed by atoms with Gasteiger partial charge < -0.3 is 9.47 Å². The normalized spacial score (nSPS) is 22.1. The molecule has 6 nitrogen and oxygen atoms in total. The first-order valence-corrected chi connectivity index (χ1v) is 13.4. The molecule has 0 spiro atoms. The number of benzene rings is 2. The monoisotopic (exact) mass is 654 g/mol. The maximum absolute atomic E-state index is 6.12. The average Bonchev–Trinajstić information content (AvgIpc) is 3.38. The summed E-state index contributed by atoms with van der Waals surface area (Å²) >= 11 is 4.74. The summed E-state index contributed by atoms with van der Waals surface area (Å²) < 4.78 is 18.8. The van der Waals surface area contributed by atoms with Gasteiger partial charge in [-0.15, -0.1) is 0 Å². The minimum absolute atomic E-state index is 0.0193. The molecule has 2 aliphatic rings. The highest BCUT2D eigenvalue weighted by Gasteiger charge is 2.26. The van der Waals surface area contributed by atoms with Crippen LogP contribution in [0.25, 0.3) is 33.2 Å². The van der Waals surface area contributed by atoms with Gasteiger partial charge in [0.1, 0.15) is 11.4 Å². The van der Waals surface area contributed by atoms with Crippen molar-refractivity contribution < 1.29 is 9.47 Å². The van der Waals surface area contributed by atoms with Crippen LogP contribution in [-0.2, 0) is 9.47 Å². The largest absolute Gasteiger partial charge is 0.356 e. The molecule has 0 bridgehead atoms. The van der Waals surface area contributed by atoms with Crippen LogP contribution in [0.15, 0.2) is 36.4 Å². The molecular formula is C24H24I2N4O2. The van der Waals surface area contributed by atoms with Crippen LogP contribution in [0, 0.1) is 7.14 Å². The lowest BCUT2D eigenvalue weighted by atomic mass is 10.1. The fourth-order valence-electron chi connectivity index (χ4n) is 4.84. The van der Waals surface area contributed by atoms with Crippen LogP contribution >= 0.6 is 45.2 Å². The minimum Gasteiger partial charge on any atom is -0.356 e. The van der Waals surface area contributed by atoms with Gasteiger partial charge >= 0.3 is 0 Å². The van der Waals surface area contributed by atoms with E-state index in [9.17, 15) is 0 Å². The molecule has 0 aliphatic carbocycles. The van der Waals surface area contributed by atoms with E-state index < -0.39 is 0 Å². The standard InChI is InChI=1S/C24H24I2N4O2/c25-15-7-9-17-19(13-15)29(21-5-1-3-11-31-21)27-23(17)24-18-10-8-16(26)14-20(18)30(28-24)22-6-2-4-12-32-22/h7-10,13-14,21-22H,1-6,11-12H2. The topological polar surface area (TPSA) is 54.1 Å². The summed E-state index contributed by atoms with van der Waals surface area (Å²) in [5.41, 5.74) is 4.07. The number of aromatic nitrogens is 4. The molecule has 166 valence electrons. The minimum atomic E-state index is -0.0193. The number of rotatable bonds is 3. The van der Waals surface area contributed by atoms with Gasteiger partial charge in [-0.05, 0) is 120 Å². The Hall–Kier alpha value is -1.24. The first-order chi connectivity index (χ1) is 15.7. The number of hydrogen-bond donors (Lipinski definition) is 0. The summed E-state index contributed by atoms with van der Waals surface area (Å²) in [4.78, 5) is 0. The lowest BCUT2D eigenvalue weighted by Crippen LogP contribution is -2.19. The van der Waals surface area contributed by atoms with E-state index in [-0.39, 0.29) is 12.5 Å². The molecule has 0 radical (unpaired) electrons. The van der Waals surface area contributed by atoms with Crippen LogP contribution in [-0.4, -0.2) is 32.8 Å². The first-order valence-electron chi connectivity index (χ1n) is 11.3. The first kappa shape index (κ1) is 21.3. The smallest absolute Gasteiger partial charge is 0.150 e. The number of fused-ring (bicyclic) bond motifs is 2. The third-order valence-electron chi connectivity index (χ3n) is 6.42. The van der Waals surface area contributed by atoms with E-state index in [4.69, 9.17) is 19.7 Å². The predicted molar refractivity (Wildman–Crippen MR) is 142 cm³/mol. The molecule has 0 saturated carbocycles. The summed E-state index contributed by atoms with van der Waals surface area (Å²) in [6, 6.07) is 13.0. The fourth-order valence-corrected chi connectivity index (χ4v) is 5.79. The Morgan fingerprint density at radius 2 is 1.16 bits per heavy atom. The molecule has 2 aliphatic heterocycles. The molecule has 2 aromatic carbocycles. The molecule has 2 atom stereocenters. The van der Waals surface area contributed by atoms with Crippen LogP contribution in [0.1, 0.15) is 51.0 Å². The molecule has 2 saturated heterocycles. The van der Waals surface area contributed by atoms with Crippen LogP contribution in [0.5, 0.6) is 0 Å². The molecule has 0 N–H and O–H groups in total. The van der Waals surface area contributed by atoms with E-state index in [0.29, 0.717) is 0 Å². The third kappa shape index (κ3) is 3.76. The highest BCUT2D eigenvalue weighted by atomic mass is 127. The van der Waals surface area contributed by atoms with Gasteiger partial charge in [-0.1, -0.05) is 0 Å². The molecule has 4 heterocycles. The second-order valence-electron chi connectivity index (χ2n) is 8.55. The summed E-state index contributed by atoms with van der Waals surface area (Å²) in [7, 11) is 0. The van der Waals surface area contributed by atoms with E-state index in [1.807, 2.05) is 0 Å². The van der Waals surface area contributed by atoms with Gasteiger partial charge in [-0.25, -0.2) is 9.36 Å². The van der Waals surface area contributed by atoms with Crippen molar-refractivity contribution in [2.24, 2.45) is 0 Å². The summed E-state index contributed by atoms with van der Waals surface area (Å²) in [6.45, 7) is 1.58. The lowest BCUT2D eigenvalue weighted by molar-refractivity contribution is -0.0370. The van der Waals surface area contributed by atoms with E-state index >= 15 is 0 Å². The zero-order valence-corrected chi connectivity index (χ0v) is 22.0. The second-order valence-corrected chi connectivity index (χ2v) is 11.0. The van der Waals surface area contributed by atoms with Crippen LogP contribution < -0.4 is 0 Å². The number of ether oxygens (including phenoxy) is 2. The predicted octanol–water partition coefficient (Wildman–Crippen LogP) is 6.66. The number of halogens is 2. The quantitative estimate of drug-likeness (QED) is 0.232. The van der Waals surface area contributed by atoms with Crippen molar-refractivity contribution in [3.63, 3.8) is 0 Å². The van der Waals surface area contributed by atoms with Gasteiger partial charge in [-0.3, -0.25) is 0 Å². The van der Waals surface area contributed by atoms with E-state index in [2.05, 4.69) is 90.9 Å². The van der Waals surface area contributed by atoms with Crippen molar-refractivity contribution in [2.45, 2.75) is 51.0 Å². The summed E-state index contributed by atoms with van der Waals surface area (Å²) in [5.74, 6) is 0. The zero-order chi connectivity index (χ0) is 21.7. The van der Waals surface area contributed by atoms with Gasteiger partial charge in [0.15, 0.2) is 12.5 Å². The van der Waals surface area contributed by atoms with Crippen molar-refractivity contribution >= 4 is 67.0 Å². The Labute approximate surface area is 213 Å². The molecule has 2 fully saturated rings. The van der Waals surface area contributed by atoms with E-state index in [1.165, 1.54) is 20.0 Å².